The van der Waals surface area contributed by atoms with E-state index in [9.17, 15) is 9.59 Å². The van der Waals surface area contributed by atoms with Crippen LogP contribution in [0.5, 0.6) is 0 Å². The molecule has 0 radical (unpaired) electrons. The van der Waals surface area contributed by atoms with Crippen molar-refractivity contribution in [3.05, 3.63) is 0 Å². The minimum atomic E-state index is -0.693. The summed E-state index contributed by atoms with van der Waals surface area (Å²) in [5.74, 6) is -0.801. The monoisotopic (exact) mass is 170 g/mol. The summed E-state index contributed by atoms with van der Waals surface area (Å²) < 4.78 is 4.40. The molecule has 0 saturated heterocycles. The Hall–Kier alpha value is -0.860. The number of ether oxygens (including phenoxy) is 1. The Morgan fingerprint density at radius 3 is 2.08 bits per heavy atom. The summed E-state index contributed by atoms with van der Waals surface area (Å²) in [5.41, 5.74) is -0.382. The number of rotatable bonds is 3. The second-order valence-corrected chi connectivity index (χ2v) is 3.63. The minimum absolute atomic E-state index is 0.240. The molecule has 1 rings (SSSR count). The van der Waals surface area contributed by atoms with Crippen LogP contribution in [0.4, 0.5) is 0 Å². The zero-order chi connectivity index (χ0) is 9.35. The van der Waals surface area contributed by atoms with Gasteiger partial charge in [0.25, 0.3) is 0 Å². The van der Waals surface area contributed by atoms with Crippen molar-refractivity contribution in [1.29, 1.82) is 0 Å². The highest BCUT2D eigenvalue weighted by Gasteiger charge is 2.54. The maximum atomic E-state index is 11.4. The van der Waals surface area contributed by atoms with Crippen LogP contribution >= 0.6 is 0 Å². The molecule has 1 aliphatic carbocycles. The molecule has 12 heavy (non-hydrogen) atoms. The predicted molar refractivity (Wildman–Crippen MR) is 43.5 cm³/mol. The van der Waals surface area contributed by atoms with Crippen LogP contribution < -0.4 is 0 Å². The van der Waals surface area contributed by atoms with E-state index < -0.39 is 5.97 Å². The highest BCUT2D eigenvalue weighted by Crippen LogP contribution is 2.52. The van der Waals surface area contributed by atoms with E-state index in [-0.39, 0.29) is 17.1 Å². The fourth-order valence-electron chi connectivity index (χ4n) is 1.50. The van der Waals surface area contributed by atoms with Crippen molar-refractivity contribution in [2.75, 3.05) is 7.11 Å². The molecule has 0 aromatic carbocycles. The zero-order valence-corrected chi connectivity index (χ0v) is 7.72. The third-order valence-corrected chi connectivity index (χ3v) is 2.72. The fraction of sp³-hybridized carbons (Fsp3) is 0.778. The zero-order valence-electron chi connectivity index (χ0n) is 7.72. The van der Waals surface area contributed by atoms with Gasteiger partial charge in [-0.1, -0.05) is 13.8 Å². The van der Waals surface area contributed by atoms with Crippen LogP contribution in [-0.4, -0.2) is 18.9 Å². The molecule has 0 N–H and O–H groups in total. The number of methoxy groups -OCH3 is 1. The highest BCUT2D eigenvalue weighted by atomic mass is 16.5. The smallest absolute Gasteiger partial charge is 0.374 e. The summed E-state index contributed by atoms with van der Waals surface area (Å²) in [6.07, 6.45) is 1.66. The number of ketones is 1. The van der Waals surface area contributed by atoms with E-state index in [0.29, 0.717) is 0 Å². The molecule has 0 heterocycles. The maximum Gasteiger partial charge on any atom is 0.374 e. The van der Waals surface area contributed by atoms with Gasteiger partial charge in [0.2, 0.25) is 5.78 Å². The summed E-state index contributed by atoms with van der Waals surface area (Å²) in [6.45, 7) is 3.93. The van der Waals surface area contributed by atoms with Gasteiger partial charge in [0.15, 0.2) is 0 Å². The topological polar surface area (TPSA) is 43.4 Å². The molecule has 0 spiro atoms. The second kappa shape index (κ2) is 2.88. The average Bonchev–Trinajstić information content (AvgIpc) is 2.81. The highest BCUT2D eigenvalue weighted by molar-refractivity contribution is 6.36. The van der Waals surface area contributed by atoms with Crippen LogP contribution in [0.3, 0.4) is 0 Å². The first kappa shape index (κ1) is 9.23. The molecule has 68 valence electrons. The van der Waals surface area contributed by atoms with Gasteiger partial charge in [0.05, 0.1) is 7.11 Å². The molecule has 0 unspecified atom stereocenters. The Kier molecular flexibility index (Phi) is 2.22. The van der Waals surface area contributed by atoms with E-state index in [4.69, 9.17) is 0 Å². The van der Waals surface area contributed by atoms with E-state index in [1.165, 1.54) is 7.11 Å². The molecule has 0 amide bonds. The number of hydrogen-bond donors (Lipinski definition) is 0. The van der Waals surface area contributed by atoms with Gasteiger partial charge < -0.3 is 4.74 Å². The first-order chi connectivity index (χ1) is 5.54. The van der Waals surface area contributed by atoms with Crippen molar-refractivity contribution >= 4 is 11.8 Å². The Labute approximate surface area is 72.1 Å². The molecule has 1 fully saturated rings. The lowest BCUT2D eigenvalue weighted by Crippen LogP contribution is -2.30. The van der Waals surface area contributed by atoms with Crippen LogP contribution in [0.1, 0.15) is 26.7 Å². The van der Waals surface area contributed by atoms with Crippen LogP contribution in [-0.2, 0) is 14.3 Å². The Balaban J connectivity index is 2.70. The first-order valence-electron chi connectivity index (χ1n) is 4.17. The molecule has 0 aromatic rings. The molecule has 0 aromatic heterocycles. The molecular weight excluding hydrogens is 156 g/mol. The molecule has 3 heteroatoms. The third kappa shape index (κ3) is 1.24. The van der Waals surface area contributed by atoms with Gasteiger partial charge in [0, 0.05) is 5.41 Å². The lowest BCUT2D eigenvalue weighted by Gasteiger charge is -2.15. The third-order valence-electron chi connectivity index (χ3n) is 2.72. The van der Waals surface area contributed by atoms with Crippen molar-refractivity contribution < 1.29 is 14.3 Å². The lowest BCUT2D eigenvalue weighted by atomic mass is 9.88. The van der Waals surface area contributed by atoms with Gasteiger partial charge in [-0.15, -0.1) is 0 Å². The summed E-state index contributed by atoms with van der Waals surface area (Å²) in [7, 11) is 1.25. The van der Waals surface area contributed by atoms with Crippen molar-refractivity contribution in [3.8, 4) is 0 Å². The van der Waals surface area contributed by atoms with Crippen LogP contribution in [0, 0.1) is 11.3 Å². The Morgan fingerprint density at radius 1 is 1.33 bits per heavy atom. The van der Waals surface area contributed by atoms with Gasteiger partial charge in [0.1, 0.15) is 0 Å². The van der Waals surface area contributed by atoms with Crippen molar-refractivity contribution in [3.63, 3.8) is 0 Å². The van der Waals surface area contributed by atoms with E-state index in [1.54, 1.807) is 0 Å². The van der Waals surface area contributed by atoms with Crippen molar-refractivity contribution in [1.82, 2.24) is 0 Å². The minimum Gasteiger partial charge on any atom is -0.463 e. The summed E-state index contributed by atoms with van der Waals surface area (Å²) in [6, 6.07) is 0. The second-order valence-electron chi connectivity index (χ2n) is 3.63. The number of esters is 1. The molecule has 0 atom stereocenters. The lowest BCUT2D eigenvalue weighted by molar-refractivity contribution is -0.155. The first-order valence-corrected chi connectivity index (χ1v) is 4.17. The maximum absolute atomic E-state index is 11.4. The van der Waals surface area contributed by atoms with Gasteiger partial charge in [-0.2, -0.15) is 0 Å². The SMILES string of the molecule is COC(=O)C(=O)C1(C(C)C)CC1. The number of hydrogen-bond acceptors (Lipinski definition) is 3. The molecule has 3 nitrogen and oxygen atoms in total. The summed E-state index contributed by atoms with van der Waals surface area (Å²) in [5, 5.41) is 0. The van der Waals surface area contributed by atoms with Gasteiger partial charge >= 0.3 is 5.97 Å². The van der Waals surface area contributed by atoms with E-state index in [0.717, 1.165) is 12.8 Å². The largest absolute Gasteiger partial charge is 0.463 e. The summed E-state index contributed by atoms with van der Waals surface area (Å²) in [4.78, 5) is 22.4. The van der Waals surface area contributed by atoms with Gasteiger partial charge in [-0.05, 0) is 18.8 Å². The van der Waals surface area contributed by atoms with Crippen molar-refractivity contribution in [2.45, 2.75) is 26.7 Å². The quantitative estimate of drug-likeness (QED) is 0.471. The van der Waals surface area contributed by atoms with E-state index in [2.05, 4.69) is 4.74 Å². The van der Waals surface area contributed by atoms with Gasteiger partial charge in [-0.25, -0.2) is 4.79 Å². The van der Waals surface area contributed by atoms with Crippen LogP contribution in [0.15, 0.2) is 0 Å². The molecule has 0 aliphatic heterocycles. The van der Waals surface area contributed by atoms with Gasteiger partial charge in [-0.3, -0.25) is 4.79 Å². The van der Waals surface area contributed by atoms with E-state index in [1.807, 2.05) is 13.8 Å². The molecular formula is C9H14O3. The molecule has 1 saturated carbocycles. The normalized spacial score (nSPS) is 19.0. The molecule has 1 aliphatic rings. The average molecular weight is 170 g/mol. The predicted octanol–water partition coefficient (Wildman–Crippen LogP) is 1.16. The molecule has 0 bridgehead atoms. The fourth-order valence-corrected chi connectivity index (χ4v) is 1.50. The summed E-state index contributed by atoms with van der Waals surface area (Å²) >= 11 is 0. The van der Waals surface area contributed by atoms with Crippen LogP contribution in [0.2, 0.25) is 0 Å². The number of carbonyl (C=O) groups excluding carboxylic acids is 2. The Morgan fingerprint density at radius 2 is 1.83 bits per heavy atom. The van der Waals surface area contributed by atoms with Crippen molar-refractivity contribution in [2.24, 2.45) is 11.3 Å². The van der Waals surface area contributed by atoms with E-state index >= 15 is 0 Å². The number of carbonyl (C=O) groups is 2. The standard InChI is InChI=1S/C9H14O3/c1-6(2)9(4-5-9)7(10)8(11)12-3/h6H,4-5H2,1-3H3. The Bertz CT molecular complexity index is 214. The van der Waals surface area contributed by atoms with Crippen LogP contribution in [0.25, 0.3) is 0 Å². The number of Topliss-reactive ketones (excluding diaryl/α,β-unsaturated/α-hetero) is 1.